The fourth-order valence-corrected chi connectivity index (χ4v) is 1.19. The van der Waals surface area contributed by atoms with Crippen LogP contribution in [0.3, 0.4) is 0 Å². The van der Waals surface area contributed by atoms with Gasteiger partial charge in [0.15, 0.2) is 0 Å². The van der Waals surface area contributed by atoms with Crippen molar-refractivity contribution < 1.29 is 4.79 Å². The Morgan fingerprint density at radius 1 is 1.60 bits per heavy atom. The Morgan fingerprint density at radius 3 is 2.70 bits per heavy atom. The lowest BCUT2D eigenvalue weighted by Gasteiger charge is -2.07. The Labute approximate surface area is 68.6 Å². The van der Waals surface area contributed by atoms with E-state index in [1.54, 1.807) is 24.2 Å². The molecule has 0 aliphatic heterocycles. The maximum Gasteiger partial charge on any atom is 0.131 e. The molecular formula is C7H4Cl2O. The smallest absolute Gasteiger partial charge is 0.131 e. The van der Waals surface area contributed by atoms with E-state index in [0.29, 0.717) is 10.6 Å². The van der Waals surface area contributed by atoms with Crippen LogP contribution in [0.1, 0.15) is 0 Å². The number of carbonyl (C=O) groups excluding carboxylic acids is 1. The van der Waals surface area contributed by atoms with Gasteiger partial charge in [0, 0.05) is 0 Å². The van der Waals surface area contributed by atoms with Gasteiger partial charge in [-0.1, -0.05) is 23.8 Å². The standard InChI is InChI=1S/C7H4Cl2O/c8-6-2-1-3-7(9)5(6)4-10/h1-3,6H. The van der Waals surface area contributed by atoms with Crippen molar-refractivity contribution in [3.05, 3.63) is 28.8 Å². The molecule has 1 unspecified atom stereocenters. The summed E-state index contributed by atoms with van der Waals surface area (Å²) in [6, 6.07) is 0. The quantitative estimate of drug-likeness (QED) is 0.406. The molecule has 1 rings (SSSR count). The second kappa shape index (κ2) is 3.07. The summed E-state index contributed by atoms with van der Waals surface area (Å²) in [7, 11) is 0. The van der Waals surface area contributed by atoms with Crippen molar-refractivity contribution in [3.8, 4) is 0 Å². The van der Waals surface area contributed by atoms with Crippen molar-refractivity contribution in [2.24, 2.45) is 0 Å². The lowest BCUT2D eigenvalue weighted by molar-refractivity contribution is 0.567. The lowest BCUT2D eigenvalue weighted by Crippen LogP contribution is -2.03. The molecule has 3 heteroatoms. The first-order chi connectivity index (χ1) is 4.75. The van der Waals surface area contributed by atoms with Crippen LogP contribution in [0, 0.1) is 0 Å². The maximum absolute atomic E-state index is 10.2. The normalized spacial score (nSPS) is 24.0. The summed E-state index contributed by atoms with van der Waals surface area (Å²) in [4.78, 5) is 10.2. The number of allylic oxidation sites excluding steroid dienone is 5. The van der Waals surface area contributed by atoms with E-state index in [-0.39, 0.29) is 0 Å². The number of hydrogen-bond donors (Lipinski definition) is 0. The van der Waals surface area contributed by atoms with Crippen LogP contribution in [0.25, 0.3) is 0 Å². The van der Waals surface area contributed by atoms with Crippen LogP contribution in [0.5, 0.6) is 0 Å². The highest BCUT2D eigenvalue weighted by Gasteiger charge is 2.14. The predicted octanol–water partition coefficient (Wildman–Crippen LogP) is 2.04. The van der Waals surface area contributed by atoms with Gasteiger partial charge in [-0.15, -0.1) is 11.6 Å². The first-order valence-electron chi connectivity index (χ1n) is 2.69. The molecule has 0 spiro atoms. The Balaban J connectivity index is 3.04. The molecule has 0 aromatic heterocycles. The minimum Gasteiger partial charge on any atom is -0.233 e. The number of rotatable bonds is 0. The van der Waals surface area contributed by atoms with Crippen LogP contribution in [0.2, 0.25) is 0 Å². The average molecular weight is 175 g/mol. The Kier molecular flexibility index (Phi) is 2.34. The highest BCUT2D eigenvalue weighted by atomic mass is 35.5. The van der Waals surface area contributed by atoms with Gasteiger partial charge in [0.05, 0.1) is 16.0 Å². The third kappa shape index (κ3) is 1.32. The Hall–Kier alpha value is -0.490. The molecule has 10 heavy (non-hydrogen) atoms. The summed E-state index contributed by atoms with van der Waals surface area (Å²) >= 11 is 11.3. The van der Waals surface area contributed by atoms with Crippen molar-refractivity contribution in [2.75, 3.05) is 0 Å². The first-order valence-corrected chi connectivity index (χ1v) is 3.50. The third-order valence-electron chi connectivity index (χ3n) is 1.17. The summed E-state index contributed by atoms with van der Waals surface area (Å²) in [6.45, 7) is 0. The molecule has 1 aliphatic carbocycles. The van der Waals surface area contributed by atoms with Gasteiger partial charge >= 0.3 is 0 Å². The number of halogens is 2. The highest BCUT2D eigenvalue weighted by molar-refractivity contribution is 6.36. The molecule has 0 bridgehead atoms. The second-order valence-corrected chi connectivity index (χ2v) is 2.69. The Morgan fingerprint density at radius 2 is 2.30 bits per heavy atom. The van der Waals surface area contributed by atoms with Gasteiger partial charge in [0.2, 0.25) is 0 Å². The van der Waals surface area contributed by atoms with E-state index in [1.165, 1.54) is 0 Å². The largest absolute Gasteiger partial charge is 0.233 e. The van der Waals surface area contributed by atoms with Crippen molar-refractivity contribution in [3.63, 3.8) is 0 Å². The first kappa shape index (κ1) is 7.62. The van der Waals surface area contributed by atoms with Crippen molar-refractivity contribution in [1.82, 2.24) is 0 Å². The van der Waals surface area contributed by atoms with Gasteiger partial charge in [-0.2, -0.15) is 0 Å². The monoisotopic (exact) mass is 174 g/mol. The zero-order valence-corrected chi connectivity index (χ0v) is 6.49. The van der Waals surface area contributed by atoms with Crippen molar-refractivity contribution in [1.29, 1.82) is 0 Å². The van der Waals surface area contributed by atoms with Crippen LogP contribution < -0.4 is 0 Å². The number of alkyl halides is 1. The molecule has 1 aliphatic rings. The van der Waals surface area contributed by atoms with Gasteiger partial charge in [0.1, 0.15) is 5.94 Å². The molecule has 52 valence electrons. The zero-order chi connectivity index (χ0) is 7.56. The van der Waals surface area contributed by atoms with Crippen molar-refractivity contribution >= 4 is 29.1 Å². The zero-order valence-electron chi connectivity index (χ0n) is 4.97. The van der Waals surface area contributed by atoms with E-state index in [1.807, 2.05) is 0 Å². The van der Waals surface area contributed by atoms with E-state index in [9.17, 15) is 4.79 Å². The van der Waals surface area contributed by atoms with Crippen LogP contribution in [-0.4, -0.2) is 11.3 Å². The van der Waals surface area contributed by atoms with Gasteiger partial charge in [-0.25, -0.2) is 4.79 Å². The van der Waals surface area contributed by atoms with Gasteiger partial charge in [-0.3, -0.25) is 0 Å². The van der Waals surface area contributed by atoms with E-state index in [2.05, 4.69) is 0 Å². The van der Waals surface area contributed by atoms with E-state index in [0.717, 1.165) is 0 Å². The SMILES string of the molecule is O=C=C1C(Cl)=CC=CC1Cl. The van der Waals surface area contributed by atoms with Crippen LogP contribution in [0.15, 0.2) is 28.8 Å². The summed E-state index contributed by atoms with van der Waals surface area (Å²) in [5.74, 6) is 1.69. The van der Waals surface area contributed by atoms with Crippen LogP contribution >= 0.6 is 23.2 Å². The summed E-state index contributed by atoms with van der Waals surface area (Å²) < 4.78 is 0. The summed E-state index contributed by atoms with van der Waals surface area (Å²) in [5.41, 5.74) is 0.311. The van der Waals surface area contributed by atoms with E-state index in [4.69, 9.17) is 23.2 Å². The van der Waals surface area contributed by atoms with Gasteiger partial charge in [-0.05, 0) is 6.08 Å². The molecule has 0 N–H and O–H groups in total. The molecule has 0 saturated heterocycles. The molecule has 0 aromatic rings. The van der Waals surface area contributed by atoms with E-state index >= 15 is 0 Å². The molecular weight excluding hydrogens is 171 g/mol. The van der Waals surface area contributed by atoms with Crippen LogP contribution in [0.4, 0.5) is 0 Å². The summed E-state index contributed by atoms with van der Waals surface area (Å²) in [6.07, 6.45) is 5.00. The molecule has 0 radical (unpaired) electrons. The molecule has 0 heterocycles. The molecule has 0 saturated carbocycles. The molecule has 0 fully saturated rings. The number of hydrogen-bond acceptors (Lipinski definition) is 1. The fourth-order valence-electron chi connectivity index (χ4n) is 0.660. The lowest BCUT2D eigenvalue weighted by atomic mass is 10.1. The minimum atomic E-state index is -0.421. The molecule has 1 nitrogen and oxygen atoms in total. The maximum atomic E-state index is 10.2. The minimum absolute atomic E-state index is 0.311. The summed E-state index contributed by atoms with van der Waals surface area (Å²) in [5, 5.41) is -0.0486. The third-order valence-corrected chi connectivity index (χ3v) is 1.86. The van der Waals surface area contributed by atoms with Crippen LogP contribution in [-0.2, 0) is 4.79 Å². The van der Waals surface area contributed by atoms with E-state index < -0.39 is 5.38 Å². The van der Waals surface area contributed by atoms with Crippen molar-refractivity contribution in [2.45, 2.75) is 5.38 Å². The topological polar surface area (TPSA) is 17.1 Å². The fraction of sp³-hybridized carbons (Fsp3) is 0.143. The van der Waals surface area contributed by atoms with Gasteiger partial charge < -0.3 is 0 Å². The average Bonchev–Trinajstić information content (AvgIpc) is 1.88. The Bertz CT molecular complexity index is 246. The molecule has 0 aromatic carbocycles. The highest BCUT2D eigenvalue weighted by Crippen LogP contribution is 2.24. The molecule has 0 amide bonds. The molecule has 1 atom stereocenters. The second-order valence-electron chi connectivity index (χ2n) is 1.82. The van der Waals surface area contributed by atoms with Gasteiger partial charge in [0.25, 0.3) is 0 Å². The predicted molar refractivity (Wildman–Crippen MR) is 41.9 cm³/mol.